The predicted molar refractivity (Wildman–Crippen MR) is 155 cm³/mol. The molecular weight excluding hydrogens is 508 g/mol. The lowest BCUT2D eigenvalue weighted by Crippen LogP contribution is -2.22. The van der Waals surface area contributed by atoms with Crippen molar-refractivity contribution >= 4 is 48.3 Å². The number of benzene rings is 1. The number of carbonyl (C=O) groups excluding carboxylic acids is 1. The maximum absolute atomic E-state index is 13.3. The second kappa shape index (κ2) is 11.3. The zero-order chi connectivity index (χ0) is 28.2. The average molecular weight is 543 g/mol. The lowest BCUT2D eigenvalue weighted by Gasteiger charge is -2.16. The zero-order valence-corrected chi connectivity index (χ0v) is 24.3. The van der Waals surface area contributed by atoms with Gasteiger partial charge in [-0.05, 0) is 29.8 Å². The molecule has 0 atom stereocenters. The van der Waals surface area contributed by atoms with Crippen LogP contribution in [0.5, 0.6) is 0 Å². The Morgan fingerprint density at radius 1 is 1.21 bits per heavy atom. The minimum Gasteiger partial charge on any atom is -0.361 e. The number of hydrogen-bond donors (Lipinski definition) is 1. The van der Waals surface area contributed by atoms with Gasteiger partial charge in [-0.15, -0.1) is 0 Å². The van der Waals surface area contributed by atoms with Crippen LogP contribution in [0.4, 0.5) is 11.5 Å². The van der Waals surface area contributed by atoms with E-state index in [1.54, 1.807) is 18.5 Å². The molecule has 39 heavy (non-hydrogen) atoms. The molecule has 0 fully saturated rings. The van der Waals surface area contributed by atoms with Gasteiger partial charge in [-0.3, -0.25) is 4.79 Å². The van der Waals surface area contributed by atoms with E-state index in [0.29, 0.717) is 41.6 Å². The van der Waals surface area contributed by atoms with Crippen LogP contribution in [0.25, 0.3) is 22.9 Å². The minimum atomic E-state index is -1.21. The van der Waals surface area contributed by atoms with Crippen LogP contribution in [0.15, 0.2) is 49.3 Å². The van der Waals surface area contributed by atoms with Crippen LogP contribution in [0, 0.1) is 16.7 Å². The van der Waals surface area contributed by atoms with Crippen molar-refractivity contribution in [3.05, 3.63) is 60.4 Å². The summed E-state index contributed by atoms with van der Waals surface area (Å²) in [7, 11) is -1.21. The number of fused-ring (bicyclic) bond motifs is 1. The topological polar surface area (TPSA) is 124 Å². The molecular formula is C28H34N8O2Si. The fourth-order valence-corrected chi connectivity index (χ4v) is 4.53. The average Bonchev–Trinajstić information content (AvgIpc) is 3.53. The Bertz CT molecular complexity index is 1520. The highest BCUT2D eigenvalue weighted by molar-refractivity contribution is 6.76. The second-order valence-corrected chi connectivity index (χ2v) is 17.2. The van der Waals surface area contributed by atoms with Crippen molar-refractivity contribution in [1.82, 2.24) is 29.3 Å². The maximum atomic E-state index is 13.3. The molecule has 0 spiro atoms. The monoisotopic (exact) mass is 542 g/mol. The van der Waals surface area contributed by atoms with Gasteiger partial charge in [-0.25, -0.2) is 19.6 Å². The van der Waals surface area contributed by atoms with E-state index < -0.39 is 13.5 Å². The van der Waals surface area contributed by atoms with Crippen molar-refractivity contribution < 1.29 is 9.53 Å². The van der Waals surface area contributed by atoms with Crippen molar-refractivity contribution in [1.29, 1.82) is 5.26 Å². The van der Waals surface area contributed by atoms with Crippen molar-refractivity contribution in [2.24, 2.45) is 5.41 Å². The molecule has 0 saturated carbocycles. The van der Waals surface area contributed by atoms with E-state index in [4.69, 9.17) is 9.72 Å². The Morgan fingerprint density at radius 2 is 1.95 bits per heavy atom. The van der Waals surface area contributed by atoms with Crippen LogP contribution in [-0.2, 0) is 11.5 Å². The molecule has 202 valence electrons. The molecule has 0 aliphatic rings. The SMILES string of the molecule is CC(C)(C)C(=O)c1cn(COCC[Si](C)(C)C)c2ncc(Nc3ccc(C=C(C#N)n4cncn4)cc3)nc12. The number of aromatic nitrogens is 6. The molecule has 0 unspecified atom stereocenters. The molecule has 4 aromatic rings. The molecule has 4 rings (SSSR count). The van der Waals surface area contributed by atoms with E-state index in [-0.39, 0.29) is 5.78 Å². The first-order valence-corrected chi connectivity index (χ1v) is 16.5. The van der Waals surface area contributed by atoms with Crippen LogP contribution in [0.1, 0.15) is 36.7 Å². The molecule has 3 aromatic heterocycles. The Hall–Kier alpha value is -4.14. The predicted octanol–water partition coefficient (Wildman–Crippen LogP) is 5.83. The van der Waals surface area contributed by atoms with Gasteiger partial charge in [0.1, 0.15) is 42.5 Å². The Labute approximate surface area is 229 Å². The highest BCUT2D eigenvalue weighted by Gasteiger charge is 2.28. The summed E-state index contributed by atoms with van der Waals surface area (Å²) >= 11 is 0. The molecule has 0 radical (unpaired) electrons. The summed E-state index contributed by atoms with van der Waals surface area (Å²) in [4.78, 5) is 26.6. The van der Waals surface area contributed by atoms with E-state index in [0.717, 1.165) is 17.3 Å². The third-order valence-corrected chi connectivity index (χ3v) is 7.69. The van der Waals surface area contributed by atoms with Gasteiger partial charge >= 0.3 is 0 Å². The molecule has 11 heteroatoms. The molecule has 0 bridgehead atoms. The number of nitrogens with one attached hydrogen (secondary N) is 1. The first-order chi connectivity index (χ1) is 18.4. The standard InChI is InChI=1S/C28H34N8O2Si/c1-28(2,3)26(37)23-16-35(19-38-11-12-39(4,5)6)27-25(23)34-24(15-31-27)33-21-9-7-20(8-10-21)13-22(14-29)36-18-30-17-32-36/h7-10,13,15-18H,11-12,19H2,1-6H3,(H,33,34). The summed E-state index contributed by atoms with van der Waals surface area (Å²) in [5.74, 6) is 0.517. The van der Waals surface area contributed by atoms with Crippen molar-refractivity contribution in [3.8, 4) is 6.07 Å². The number of rotatable bonds is 10. The van der Waals surface area contributed by atoms with Gasteiger partial charge in [0, 0.05) is 32.0 Å². The van der Waals surface area contributed by atoms with Crippen LogP contribution < -0.4 is 5.32 Å². The molecule has 1 aromatic carbocycles. The Morgan fingerprint density at radius 3 is 2.56 bits per heavy atom. The van der Waals surface area contributed by atoms with Gasteiger partial charge in [-0.2, -0.15) is 10.4 Å². The van der Waals surface area contributed by atoms with Crippen LogP contribution in [0.2, 0.25) is 25.7 Å². The van der Waals surface area contributed by atoms with E-state index >= 15 is 0 Å². The zero-order valence-electron chi connectivity index (χ0n) is 23.3. The summed E-state index contributed by atoms with van der Waals surface area (Å²) in [5.41, 5.74) is 3.09. The smallest absolute Gasteiger partial charge is 0.171 e. The Balaban J connectivity index is 1.57. The third kappa shape index (κ3) is 7.04. The van der Waals surface area contributed by atoms with E-state index in [2.05, 4.69) is 46.1 Å². The first-order valence-electron chi connectivity index (χ1n) is 12.8. The largest absolute Gasteiger partial charge is 0.361 e. The van der Waals surface area contributed by atoms with Gasteiger partial charge < -0.3 is 14.6 Å². The molecule has 10 nitrogen and oxygen atoms in total. The fraction of sp³-hybridized carbons (Fsp3) is 0.357. The van der Waals surface area contributed by atoms with Gasteiger partial charge in [0.2, 0.25) is 0 Å². The Kier molecular flexibility index (Phi) is 8.08. The van der Waals surface area contributed by atoms with Crippen molar-refractivity contribution in [2.75, 3.05) is 11.9 Å². The van der Waals surface area contributed by atoms with Crippen molar-refractivity contribution in [3.63, 3.8) is 0 Å². The molecule has 1 N–H and O–H groups in total. The summed E-state index contributed by atoms with van der Waals surface area (Å²) in [6.07, 6.45) is 8.04. The number of anilines is 2. The minimum absolute atomic E-state index is 0.00313. The van der Waals surface area contributed by atoms with Gasteiger partial charge in [0.15, 0.2) is 11.4 Å². The molecule has 0 aliphatic heterocycles. The number of nitrogens with zero attached hydrogens (tertiary/aromatic N) is 7. The molecule has 0 aliphatic carbocycles. The molecule has 0 saturated heterocycles. The fourth-order valence-electron chi connectivity index (χ4n) is 3.77. The van der Waals surface area contributed by atoms with Crippen LogP contribution >= 0.6 is 0 Å². The number of allylic oxidation sites excluding steroid dienone is 1. The number of ketones is 1. The first kappa shape index (κ1) is 27.9. The number of nitriles is 1. The lowest BCUT2D eigenvalue weighted by atomic mass is 9.87. The summed E-state index contributed by atoms with van der Waals surface area (Å²) in [6.45, 7) is 13.6. The number of Topliss-reactive ketones (excluding diaryl/α,β-unsaturated/α-hetero) is 1. The summed E-state index contributed by atoms with van der Waals surface area (Å²) < 4.78 is 9.22. The van der Waals surface area contributed by atoms with Gasteiger partial charge in [-0.1, -0.05) is 52.5 Å². The van der Waals surface area contributed by atoms with Gasteiger partial charge in [0.25, 0.3) is 0 Å². The van der Waals surface area contributed by atoms with E-state index in [9.17, 15) is 10.1 Å². The summed E-state index contributed by atoms with van der Waals surface area (Å²) in [6, 6.07) is 10.7. The molecule has 3 heterocycles. The maximum Gasteiger partial charge on any atom is 0.171 e. The van der Waals surface area contributed by atoms with Crippen LogP contribution in [-0.4, -0.2) is 49.8 Å². The van der Waals surface area contributed by atoms with Crippen LogP contribution in [0.3, 0.4) is 0 Å². The third-order valence-electron chi connectivity index (χ3n) is 5.98. The normalized spacial score (nSPS) is 12.5. The second-order valence-electron chi connectivity index (χ2n) is 11.6. The molecule has 0 amide bonds. The quantitative estimate of drug-likeness (QED) is 0.115. The number of ether oxygens (including phenoxy) is 1. The van der Waals surface area contributed by atoms with Gasteiger partial charge in [0.05, 0.1) is 11.8 Å². The van der Waals surface area contributed by atoms with E-state index in [1.165, 1.54) is 17.3 Å². The summed E-state index contributed by atoms with van der Waals surface area (Å²) in [5, 5.41) is 16.7. The highest BCUT2D eigenvalue weighted by atomic mass is 28.3. The highest BCUT2D eigenvalue weighted by Crippen LogP contribution is 2.28. The van der Waals surface area contributed by atoms with E-state index in [1.807, 2.05) is 49.6 Å². The number of hydrogen-bond acceptors (Lipinski definition) is 8. The number of carbonyl (C=O) groups is 1. The lowest BCUT2D eigenvalue weighted by molar-refractivity contribution is 0.0849. The van der Waals surface area contributed by atoms with Crippen molar-refractivity contribution in [2.45, 2.75) is 53.2 Å².